The lowest BCUT2D eigenvalue weighted by atomic mass is 10.1. The van der Waals surface area contributed by atoms with Crippen molar-refractivity contribution in [3.05, 3.63) is 82.0 Å². The number of nitrogens with two attached hydrogens (primary N) is 1. The molecule has 0 unspecified atom stereocenters. The fourth-order valence-corrected chi connectivity index (χ4v) is 3.09. The Morgan fingerprint density at radius 3 is 2.31 bits per heavy atom. The molecule has 0 aliphatic rings. The van der Waals surface area contributed by atoms with Gasteiger partial charge in [-0.15, -0.1) is 0 Å². The van der Waals surface area contributed by atoms with Gasteiger partial charge in [-0.1, -0.05) is 29.8 Å². The van der Waals surface area contributed by atoms with Crippen molar-refractivity contribution in [2.75, 3.05) is 24.8 Å². The van der Waals surface area contributed by atoms with E-state index in [4.69, 9.17) is 22.1 Å². The number of methoxy groups -OCH3 is 1. The van der Waals surface area contributed by atoms with Gasteiger partial charge in [-0.05, 0) is 36.8 Å². The number of amides is 2. The van der Waals surface area contributed by atoms with E-state index in [1.807, 2.05) is 13.0 Å². The molecular weight excluding hydrogens is 430 g/mol. The molecule has 0 spiro atoms. The van der Waals surface area contributed by atoms with Crippen molar-refractivity contribution in [3.63, 3.8) is 0 Å². The number of amidine groups is 1. The first-order valence-electron chi connectivity index (χ1n) is 9.58. The summed E-state index contributed by atoms with van der Waals surface area (Å²) in [6, 6.07) is 13.1. The molecule has 0 atom stereocenters. The lowest BCUT2D eigenvalue weighted by molar-refractivity contribution is 0.102. The van der Waals surface area contributed by atoms with Crippen LogP contribution in [0.5, 0.6) is 5.75 Å². The van der Waals surface area contributed by atoms with Gasteiger partial charge in [0, 0.05) is 35.5 Å². The topological polar surface area (TPSA) is 119 Å². The molecule has 3 rings (SSSR count). The van der Waals surface area contributed by atoms with Crippen LogP contribution in [0.1, 0.15) is 31.8 Å². The first kappa shape index (κ1) is 22.8. The summed E-state index contributed by atoms with van der Waals surface area (Å²) < 4.78 is 5.36. The Balaban J connectivity index is 1.91. The Bertz CT molecular complexity index is 1180. The summed E-state index contributed by atoms with van der Waals surface area (Å²) in [5.74, 6) is 0.0286. The van der Waals surface area contributed by atoms with E-state index in [-0.39, 0.29) is 22.0 Å². The number of hydrogen-bond acceptors (Lipinski definition) is 5. The minimum absolute atomic E-state index is 0.129. The summed E-state index contributed by atoms with van der Waals surface area (Å²) in [7, 11) is 3.01. The van der Waals surface area contributed by atoms with E-state index in [1.165, 1.54) is 19.2 Å². The predicted molar refractivity (Wildman–Crippen MR) is 126 cm³/mol. The number of ether oxygens (including phenoxy) is 1. The highest BCUT2D eigenvalue weighted by molar-refractivity contribution is 6.31. The molecule has 0 saturated carbocycles. The molecule has 2 amide bonds. The maximum Gasteiger partial charge on any atom is 0.259 e. The molecule has 0 saturated heterocycles. The van der Waals surface area contributed by atoms with Gasteiger partial charge in [0.05, 0.1) is 18.4 Å². The van der Waals surface area contributed by atoms with Crippen molar-refractivity contribution >= 4 is 40.8 Å². The number of benzene rings is 2. The van der Waals surface area contributed by atoms with E-state index < -0.39 is 11.8 Å². The fourth-order valence-electron chi connectivity index (χ4n) is 2.88. The van der Waals surface area contributed by atoms with Gasteiger partial charge in [0.1, 0.15) is 17.4 Å². The van der Waals surface area contributed by atoms with Crippen LogP contribution in [-0.4, -0.2) is 36.8 Å². The molecule has 0 aliphatic heterocycles. The van der Waals surface area contributed by atoms with Crippen molar-refractivity contribution < 1.29 is 14.3 Å². The standard InChI is InChI=1S/C23H22ClN5O3/c1-13-4-9-19(27-12-13)28-23(31)17-10-16(24)11-18(32-3)20(17)29-22(30)15-7-5-14(6-8-15)21(25)26-2/h4-12H,1-3H3,(H2,25,26)(H,29,30)(H,27,28,31). The van der Waals surface area contributed by atoms with Gasteiger partial charge in [-0.25, -0.2) is 4.98 Å². The van der Waals surface area contributed by atoms with Crippen LogP contribution in [0, 0.1) is 6.92 Å². The third kappa shape index (κ3) is 5.22. The molecule has 8 nitrogen and oxygen atoms in total. The molecular formula is C23H22ClN5O3. The van der Waals surface area contributed by atoms with Crippen LogP contribution in [0.4, 0.5) is 11.5 Å². The van der Waals surface area contributed by atoms with Crippen LogP contribution in [-0.2, 0) is 0 Å². The lowest BCUT2D eigenvalue weighted by Gasteiger charge is -2.16. The van der Waals surface area contributed by atoms with Crippen LogP contribution in [0.15, 0.2) is 59.7 Å². The number of anilines is 2. The Morgan fingerprint density at radius 1 is 1.03 bits per heavy atom. The third-order valence-electron chi connectivity index (χ3n) is 4.61. The Morgan fingerprint density at radius 2 is 1.72 bits per heavy atom. The van der Waals surface area contributed by atoms with E-state index in [1.54, 1.807) is 43.6 Å². The van der Waals surface area contributed by atoms with E-state index >= 15 is 0 Å². The summed E-state index contributed by atoms with van der Waals surface area (Å²) in [5.41, 5.74) is 8.12. The molecule has 3 aromatic rings. The van der Waals surface area contributed by atoms with Crippen molar-refractivity contribution in [1.82, 2.24) is 4.98 Å². The molecule has 0 fully saturated rings. The number of halogens is 1. The quantitative estimate of drug-likeness (QED) is 0.388. The average molecular weight is 452 g/mol. The number of carbonyl (C=O) groups excluding carboxylic acids is 2. The number of hydrogen-bond donors (Lipinski definition) is 3. The molecule has 9 heteroatoms. The van der Waals surface area contributed by atoms with Crippen LogP contribution in [0.25, 0.3) is 0 Å². The number of aryl methyl sites for hydroxylation is 1. The van der Waals surface area contributed by atoms with Gasteiger partial charge in [0.2, 0.25) is 0 Å². The van der Waals surface area contributed by atoms with E-state index in [0.29, 0.717) is 22.8 Å². The van der Waals surface area contributed by atoms with Gasteiger partial charge in [0.15, 0.2) is 0 Å². The van der Waals surface area contributed by atoms with Crippen molar-refractivity contribution in [3.8, 4) is 5.75 Å². The fraction of sp³-hybridized carbons (Fsp3) is 0.130. The molecule has 1 aromatic heterocycles. The number of pyridine rings is 1. The number of nitrogens with one attached hydrogen (secondary N) is 2. The number of carbonyl (C=O) groups is 2. The number of aliphatic imine (C=N–C) groups is 1. The maximum atomic E-state index is 13.0. The van der Waals surface area contributed by atoms with E-state index in [9.17, 15) is 9.59 Å². The minimum Gasteiger partial charge on any atom is -0.494 e. The van der Waals surface area contributed by atoms with Crippen LogP contribution in [0.3, 0.4) is 0 Å². The van der Waals surface area contributed by atoms with Crippen molar-refractivity contribution in [2.45, 2.75) is 6.92 Å². The lowest BCUT2D eigenvalue weighted by Crippen LogP contribution is -2.20. The monoisotopic (exact) mass is 451 g/mol. The first-order valence-corrected chi connectivity index (χ1v) is 9.95. The first-order chi connectivity index (χ1) is 15.3. The largest absolute Gasteiger partial charge is 0.494 e. The van der Waals surface area contributed by atoms with E-state index in [0.717, 1.165) is 5.56 Å². The second-order valence-corrected chi connectivity index (χ2v) is 7.28. The van der Waals surface area contributed by atoms with Gasteiger partial charge in [-0.3, -0.25) is 14.6 Å². The van der Waals surface area contributed by atoms with Crippen LogP contribution >= 0.6 is 11.6 Å². The number of rotatable bonds is 6. The SMILES string of the molecule is CN=C(N)c1ccc(C(=O)Nc2c(OC)cc(Cl)cc2C(=O)Nc2ccc(C)cn2)cc1. The molecule has 0 radical (unpaired) electrons. The maximum absolute atomic E-state index is 13.0. The second-order valence-electron chi connectivity index (χ2n) is 6.85. The Kier molecular flexibility index (Phi) is 7.07. The molecule has 1 heterocycles. The highest BCUT2D eigenvalue weighted by atomic mass is 35.5. The summed E-state index contributed by atoms with van der Waals surface area (Å²) >= 11 is 6.17. The summed E-state index contributed by atoms with van der Waals surface area (Å²) in [4.78, 5) is 33.9. The molecule has 164 valence electrons. The van der Waals surface area contributed by atoms with E-state index in [2.05, 4.69) is 20.6 Å². The zero-order valence-corrected chi connectivity index (χ0v) is 18.5. The van der Waals surface area contributed by atoms with Gasteiger partial charge >= 0.3 is 0 Å². The zero-order chi connectivity index (χ0) is 23.3. The van der Waals surface area contributed by atoms with Crippen LogP contribution in [0.2, 0.25) is 5.02 Å². The number of aromatic nitrogens is 1. The summed E-state index contributed by atoms with van der Waals surface area (Å²) in [6.07, 6.45) is 1.64. The zero-order valence-electron chi connectivity index (χ0n) is 17.8. The smallest absolute Gasteiger partial charge is 0.259 e. The van der Waals surface area contributed by atoms with Gasteiger partial charge < -0.3 is 21.1 Å². The van der Waals surface area contributed by atoms with Crippen molar-refractivity contribution in [1.29, 1.82) is 0 Å². The van der Waals surface area contributed by atoms with Crippen molar-refractivity contribution in [2.24, 2.45) is 10.7 Å². The highest BCUT2D eigenvalue weighted by Crippen LogP contribution is 2.33. The Labute approximate surface area is 190 Å². The molecule has 4 N–H and O–H groups in total. The molecule has 0 aliphatic carbocycles. The van der Waals surface area contributed by atoms with Gasteiger partial charge in [0.25, 0.3) is 11.8 Å². The average Bonchev–Trinajstić information content (AvgIpc) is 2.80. The third-order valence-corrected chi connectivity index (χ3v) is 4.82. The summed E-state index contributed by atoms with van der Waals surface area (Å²) in [6.45, 7) is 1.89. The highest BCUT2D eigenvalue weighted by Gasteiger charge is 2.21. The summed E-state index contributed by atoms with van der Waals surface area (Å²) in [5, 5.41) is 5.73. The second kappa shape index (κ2) is 9.93. The molecule has 0 bridgehead atoms. The van der Waals surface area contributed by atoms with Gasteiger partial charge in [-0.2, -0.15) is 0 Å². The molecule has 2 aromatic carbocycles. The predicted octanol–water partition coefficient (Wildman–Crippen LogP) is 3.89. The number of nitrogens with zero attached hydrogens (tertiary/aromatic N) is 2. The normalized spacial score (nSPS) is 11.1. The molecule has 32 heavy (non-hydrogen) atoms. The minimum atomic E-state index is -0.500. The Hall–Kier alpha value is -3.91. The van der Waals surface area contributed by atoms with Crippen LogP contribution < -0.4 is 21.1 Å².